The molecular formula is C17H21N3O2S. The highest BCUT2D eigenvalue weighted by atomic mass is 32.2. The van der Waals surface area contributed by atoms with E-state index in [9.17, 15) is 5.11 Å². The van der Waals surface area contributed by atoms with Gasteiger partial charge >= 0.3 is 0 Å². The molecule has 23 heavy (non-hydrogen) atoms. The summed E-state index contributed by atoms with van der Waals surface area (Å²) in [4.78, 5) is 4.35. The predicted molar refractivity (Wildman–Crippen MR) is 93.5 cm³/mol. The number of nitrogens with one attached hydrogen (secondary N) is 1. The molecule has 2 N–H and O–H groups in total. The van der Waals surface area contributed by atoms with Gasteiger partial charge in [-0.1, -0.05) is 48.1 Å². The zero-order chi connectivity index (χ0) is 16.4. The number of aryl methyl sites for hydroxylation is 2. The molecule has 122 valence electrons. The van der Waals surface area contributed by atoms with Crippen molar-refractivity contribution in [2.24, 2.45) is 4.99 Å². The molecule has 2 aromatic rings. The van der Waals surface area contributed by atoms with Crippen molar-refractivity contribution in [2.45, 2.75) is 32.9 Å². The first-order valence-corrected chi connectivity index (χ1v) is 8.74. The number of hydrogen-bond donors (Lipinski definition) is 2. The molecular weight excluding hydrogens is 310 g/mol. The van der Waals surface area contributed by atoms with Gasteiger partial charge in [0.25, 0.3) is 0 Å². The first-order chi connectivity index (χ1) is 11.0. The number of aliphatic hydroxyl groups is 1. The highest BCUT2D eigenvalue weighted by molar-refractivity contribution is 8.14. The second kappa shape index (κ2) is 6.37. The lowest BCUT2D eigenvalue weighted by atomic mass is 9.94. The molecule has 3 rings (SSSR count). The van der Waals surface area contributed by atoms with Gasteiger partial charge in [0.05, 0.1) is 12.1 Å². The molecule has 1 aliphatic heterocycles. The van der Waals surface area contributed by atoms with E-state index in [1.807, 2.05) is 25.1 Å². The van der Waals surface area contributed by atoms with Crippen LogP contribution < -0.4 is 5.32 Å². The van der Waals surface area contributed by atoms with Gasteiger partial charge in [0.1, 0.15) is 11.5 Å². The second-order valence-electron chi connectivity index (χ2n) is 5.71. The maximum Gasteiger partial charge on any atom is 0.166 e. The zero-order valence-corrected chi connectivity index (χ0v) is 14.4. The lowest BCUT2D eigenvalue weighted by Crippen LogP contribution is -2.42. The number of nitrogens with zero attached hydrogens (tertiary/aromatic N) is 2. The first kappa shape index (κ1) is 16.1. The van der Waals surface area contributed by atoms with E-state index in [0.717, 1.165) is 29.4 Å². The summed E-state index contributed by atoms with van der Waals surface area (Å²) in [6, 6.07) is 8.07. The van der Waals surface area contributed by atoms with Gasteiger partial charge < -0.3 is 14.9 Å². The summed E-state index contributed by atoms with van der Waals surface area (Å²) in [5.74, 6) is 1.54. The molecule has 0 radical (unpaired) electrons. The Bertz CT molecular complexity index is 737. The number of amidine groups is 1. The lowest BCUT2D eigenvalue weighted by Gasteiger charge is -2.26. The van der Waals surface area contributed by atoms with E-state index in [-0.39, 0.29) is 0 Å². The molecule has 0 bridgehead atoms. The smallest absolute Gasteiger partial charge is 0.166 e. The van der Waals surface area contributed by atoms with Crippen LogP contribution in [0.1, 0.15) is 30.7 Å². The van der Waals surface area contributed by atoms with Crippen molar-refractivity contribution in [1.82, 2.24) is 10.5 Å². The number of aromatic nitrogens is 1. The van der Waals surface area contributed by atoms with E-state index in [0.29, 0.717) is 17.0 Å². The monoisotopic (exact) mass is 331 g/mol. The van der Waals surface area contributed by atoms with Crippen LogP contribution in [0.15, 0.2) is 33.8 Å². The zero-order valence-electron chi connectivity index (χ0n) is 13.6. The Kier molecular flexibility index (Phi) is 4.46. The van der Waals surface area contributed by atoms with E-state index < -0.39 is 5.72 Å². The van der Waals surface area contributed by atoms with Crippen molar-refractivity contribution in [1.29, 1.82) is 0 Å². The van der Waals surface area contributed by atoms with Crippen LogP contribution in [0.5, 0.6) is 0 Å². The molecule has 0 fully saturated rings. The summed E-state index contributed by atoms with van der Waals surface area (Å²) in [6.45, 7) is 6.41. The van der Waals surface area contributed by atoms with Crippen molar-refractivity contribution in [3.63, 3.8) is 0 Å². The SMILES string of the molecule is CCc1ccccc1-c1noc(C)c1C(C)(O)NC1=NCCS1. The van der Waals surface area contributed by atoms with Crippen LogP contribution in [-0.2, 0) is 12.1 Å². The van der Waals surface area contributed by atoms with Gasteiger partial charge in [0.2, 0.25) is 0 Å². The number of benzene rings is 1. The van der Waals surface area contributed by atoms with Gasteiger partial charge in [-0.05, 0) is 25.8 Å². The molecule has 1 aromatic carbocycles. The Balaban J connectivity index is 2.04. The maximum absolute atomic E-state index is 11.0. The molecule has 0 saturated heterocycles. The Morgan fingerprint density at radius 3 is 2.87 bits per heavy atom. The van der Waals surface area contributed by atoms with E-state index >= 15 is 0 Å². The van der Waals surface area contributed by atoms with E-state index in [1.165, 1.54) is 5.56 Å². The van der Waals surface area contributed by atoms with Crippen molar-refractivity contribution in [2.75, 3.05) is 12.3 Å². The van der Waals surface area contributed by atoms with Gasteiger partial charge in [-0.3, -0.25) is 4.99 Å². The minimum atomic E-state index is -1.30. The van der Waals surface area contributed by atoms with E-state index in [1.54, 1.807) is 18.7 Å². The fraction of sp³-hybridized carbons (Fsp3) is 0.412. The average molecular weight is 331 g/mol. The van der Waals surface area contributed by atoms with Gasteiger partial charge in [-0.2, -0.15) is 0 Å². The van der Waals surface area contributed by atoms with Crippen LogP contribution in [-0.4, -0.2) is 27.7 Å². The topological polar surface area (TPSA) is 70.7 Å². The van der Waals surface area contributed by atoms with Crippen LogP contribution in [0.25, 0.3) is 11.3 Å². The van der Waals surface area contributed by atoms with Crippen LogP contribution in [0.2, 0.25) is 0 Å². The van der Waals surface area contributed by atoms with Crippen LogP contribution in [0, 0.1) is 6.92 Å². The highest BCUT2D eigenvalue weighted by Crippen LogP contribution is 2.35. The van der Waals surface area contributed by atoms with Gasteiger partial charge in [0.15, 0.2) is 10.9 Å². The van der Waals surface area contributed by atoms with Crippen molar-refractivity contribution in [3.8, 4) is 11.3 Å². The van der Waals surface area contributed by atoms with Gasteiger partial charge in [-0.15, -0.1) is 0 Å². The third-order valence-corrected chi connectivity index (χ3v) is 4.83. The van der Waals surface area contributed by atoms with Gasteiger partial charge in [0, 0.05) is 11.3 Å². The molecule has 1 aromatic heterocycles. The summed E-state index contributed by atoms with van der Waals surface area (Å²) in [5.41, 5.74) is 2.21. The maximum atomic E-state index is 11.0. The van der Waals surface area contributed by atoms with E-state index in [2.05, 4.69) is 28.5 Å². The predicted octanol–water partition coefficient (Wildman–Crippen LogP) is 3.07. The lowest BCUT2D eigenvalue weighted by molar-refractivity contribution is 0.0411. The summed E-state index contributed by atoms with van der Waals surface area (Å²) < 4.78 is 5.40. The Hall–Kier alpha value is -1.79. The van der Waals surface area contributed by atoms with Crippen LogP contribution in [0.3, 0.4) is 0 Å². The fourth-order valence-electron chi connectivity index (χ4n) is 2.87. The van der Waals surface area contributed by atoms with Crippen LogP contribution >= 0.6 is 11.8 Å². The third-order valence-electron chi connectivity index (χ3n) is 3.94. The Labute approximate surface area is 140 Å². The molecule has 0 amide bonds. The normalized spacial score (nSPS) is 17.0. The molecule has 2 heterocycles. The Morgan fingerprint density at radius 1 is 1.39 bits per heavy atom. The van der Waals surface area contributed by atoms with E-state index in [4.69, 9.17) is 4.52 Å². The molecule has 5 nitrogen and oxygen atoms in total. The number of aliphatic imine (C=N–C) groups is 1. The highest BCUT2D eigenvalue weighted by Gasteiger charge is 2.34. The minimum Gasteiger partial charge on any atom is -0.367 e. The largest absolute Gasteiger partial charge is 0.367 e. The molecule has 1 atom stereocenters. The second-order valence-corrected chi connectivity index (χ2v) is 6.79. The van der Waals surface area contributed by atoms with Crippen molar-refractivity contribution >= 4 is 16.9 Å². The molecule has 0 aliphatic carbocycles. The molecule has 1 aliphatic rings. The average Bonchev–Trinajstić information content (AvgIpc) is 3.16. The summed E-state index contributed by atoms with van der Waals surface area (Å²) >= 11 is 1.61. The van der Waals surface area contributed by atoms with Crippen molar-refractivity contribution in [3.05, 3.63) is 41.2 Å². The first-order valence-electron chi connectivity index (χ1n) is 7.75. The fourth-order valence-corrected chi connectivity index (χ4v) is 3.70. The van der Waals surface area contributed by atoms with Crippen LogP contribution in [0.4, 0.5) is 0 Å². The third kappa shape index (κ3) is 3.14. The summed E-state index contributed by atoms with van der Waals surface area (Å²) in [6.07, 6.45) is 0.889. The molecule has 0 saturated carbocycles. The summed E-state index contributed by atoms with van der Waals surface area (Å²) in [7, 11) is 0. The number of hydrogen-bond acceptors (Lipinski definition) is 6. The van der Waals surface area contributed by atoms with Gasteiger partial charge in [-0.25, -0.2) is 0 Å². The van der Waals surface area contributed by atoms with Crippen molar-refractivity contribution < 1.29 is 9.63 Å². The minimum absolute atomic E-state index is 0.604. The molecule has 0 spiro atoms. The number of thioether (sulfide) groups is 1. The molecule has 1 unspecified atom stereocenters. The summed E-state index contributed by atoms with van der Waals surface area (Å²) in [5, 5.41) is 19.1. The quantitative estimate of drug-likeness (QED) is 0.843. The number of rotatable bonds is 4. The Morgan fingerprint density at radius 2 is 2.17 bits per heavy atom. The molecule has 6 heteroatoms. The standard InChI is InChI=1S/C17H21N3O2S/c1-4-12-7-5-6-8-13(12)15-14(11(2)22-20-15)17(3,21)19-16-18-9-10-23-16/h5-8,21H,4,9-10H2,1-3H3,(H,18,19).